The molecule has 0 aromatic heterocycles. The first kappa shape index (κ1) is 13.6. The summed E-state index contributed by atoms with van der Waals surface area (Å²) in [5.74, 6) is 0. The van der Waals surface area contributed by atoms with Gasteiger partial charge in [-0.15, -0.1) is 0 Å². The molecule has 0 N–H and O–H groups in total. The van der Waals surface area contributed by atoms with Gasteiger partial charge in [0.15, 0.2) is 0 Å². The maximum atomic E-state index is 4.75. The zero-order chi connectivity index (χ0) is 14.7. The molecule has 3 aromatic carbocycles. The predicted molar refractivity (Wildman–Crippen MR) is 91.6 cm³/mol. The number of aliphatic imine (C=N–C) groups is 1. The maximum Gasteiger partial charge on any atom is 0.0669 e. The monoisotopic (exact) mass is 273 g/mol. The van der Waals surface area contributed by atoms with Crippen LogP contribution in [0.3, 0.4) is 0 Å². The van der Waals surface area contributed by atoms with Crippen molar-refractivity contribution in [2.24, 2.45) is 4.99 Å². The first-order valence-corrected chi connectivity index (χ1v) is 7.55. The normalized spacial score (nSPS) is 12.4. The second-order valence-corrected chi connectivity index (χ2v) is 4.93. The van der Waals surface area contributed by atoms with Crippen LogP contribution in [0.1, 0.15) is 25.0 Å². The summed E-state index contributed by atoms with van der Waals surface area (Å²) in [5.41, 5.74) is 4.85. The van der Waals surface area contributed by atoms with Crippen molar-refractivity contribution in [3.8, 4) is 0 Å². The van der Waals surface area contributed by atoms with Crippen LogP contribution in [0.2, 0.25) is 0 Å². The summed E-state index contributed by atoms with van der Waals surface area (Å²) in [6.45, 7) is 4.00. The van der Waals surface area contributed by atoms with E-state index in [9.17, 15) is 0 Å². The van der Waals surface area contributed by atoms with Gasteiger partial charge >= 0.3 is 0 Å². The van der Waals surface area contributed by atoms with Gasteiger partial charge in [0.05, 0.1) is 11.4 Å². The van der Waals surface area contributed by atoms with Gasteiger partial charge in [-0.05, 0) is 34.0 Å². The van der Waals surface area contributed by atoms with E-state index in [1.165, 1.54) is 27.6 Å². The molecular formula is C20H19N. The highest BCUT2D eigenvalue weighted by atomic mass is 14.8. The quantitative estimate of drug-likeness (QED) is 0.551. The lowest BCUT2D eigenvalue weighted by Crippen LogP contribution is -1.99. The molecule has 1 aliphatic heterocycles. The van der Waals surface area contributed by atoms with Gasteiger partial charge in [0.2, 0.25) is 0 Å². The van der Waals surface area contributed by atoms with Crippen molar-refractivity contribution in [2.75, 3.05) is 0 Å². The molecule has 21 heavy (non-hydrogen) atoms. The molecule has 1 heteroatoms. The molecule has 0 spiro atoms. The highest BCUT2D eigenvalue weighted by molar-refractivity contribution is 6.08. The van der Waals surface area contributed by atoms with E-state index < -0.39 is 0 Å². The Morgan fingerprint density at radius 2 is 1.48 bits per heavy atom. The fraction of sp³-hybridized carbons (Fsp3) is 0.150. The van der Waals surface area contributed by atoms with Crippen molar-refractivity contribution < 1.29 is 0 Å². The summed E-state index contributed by atoms with van der Waals surface area (Å²) >= 11 is 0. The zero-order valence-electron chi connectivity index (χ0n) is 12.5. The smallest absolute Gasteiger partial charge is 0.0669 e. The van der Waals surface area contributed by atoms with Crippen LogP contribution in [0, 0.1) is 0 Å². The Bertz CT molecular complexity index is 800. The van der Waals surface area contributed by atoms with E-state index in [4.69, 9.17) is 4.99 Å². The molecule has 0 atom stereocenters. The van der Waals surface area contributed by atoms with Crippen molar-refractivity contribution in [3.63, 3.8) is 0 Å². The number of hydrogen-bond acceptors (Lipinski definition) is 1. The van der Waals surface area contributed by atoms with E-state index in [0.29, 0.717) is 0 Å². The van der Waals surface area contributed by atoms with Crippen LogP contribution in [0.25, 0.3) is 10.8 Å². The lowest BCUT2D eigenvalue weighted by Gasteiger charge is -2.03. The van der Waals surface area contributed by atoms with Crippen LogP contribution < -0.4 is 0 Å². The molecule has 1 heterocycles. The van der Waals surface area contributed by atoms with E-state index >= 15 is 0 Å². The molecule has 0 aliphatic carbocycles. The summed E-state index contributed by atoms with van der Waals surface area (Å²) in [7, 11) is 0. The average molecular weight is 273 g/mol. The van der Waals surface area contributed by atoms with Crippen molar-refractivity contribution in [1.29, 1.82) is 0 Å². The largest absolute Gasteiger partial charge is 0.252 e. The van der Waals surface area contributed by atoms with Gasteiger partial charge in [-0.3, -0.25) is 4.99 Å². The predicted octanol–water partition coefficient (Wildman–Crippen LogP) is 5.54. The molecule has 0 bridgehead atoms. The van der Waals surface area contributed by atoms with Crippen LogP contribution in [-0.2, 0) is 6.42 Å². The topological polar surface area (TPSA) is 12.4 Å². The number of benzene rings is 3. The Balaban J connectivity index is 0.000000636. The third kappa shape index (κ3) is 2.59. The molecule has 0 radical (unpaired) electrons. The van der Waals surface area contributed by atoms with E-state index in [-0.39, 0.29) is 0 Å². The molecule has 0 fully saturated rings. The highest BCUT2D eigenvalue weighted by Gasteiger charge is 2.15. The minimum absolute atomic E-state index is 0.939. The molecule has 0 saturated carbocycles. The SMILES string of the molecule is CC.c1ccc2c(c1)CC(c1ccc3ccccc3c1)=N2. The summed E-state index contributed by atoms with van der Waals surface area (Å²) < 4.78 is 0. The van der Waals surface area contributed by atoms with Gasteiger partial charge in [-0.1, -0.05) is 68.4 Å². The molecule has 0 unspecified atom stereocenters. The van der Waals surface area contributed by atoms with E-state index in [1.54, 1.807) is 0 Å². The first-order chi connectivity index (χ1) is 10.4. The molecule has 104 valence electrons. The Labute approximate surface area is 126 Å². The van der Waals surface area contributed by atoms with Gasteiger partial charge in [0, 0.05) is 6.42 Å². The van der Waals surface area contributed by atoms with Gasteiger partial charge in [-0.2, -0.15) is 0 Å². The molecule has 0 amide bonds. The molecule has 1 nitrogen and oxygen atoms in total. The van der Waals surface area contributed by atoms with Gasteiger partial charge in [0.25, 0.3) is 0 Å². The lowest BCUT2D eigenvalue weighted by molar-refractivity contribution is 1.39. The second kappa shape index (κ2) is 5.92. The molecular weight excluding hydrogens is 254 g/mol. The summed E-state index contributed by atoms with van der Waals surface area (Å²) in [4.78, 5) is 4.75. The number of fused-ring (bicyclic) bond motifs is 2. The van der Waals surface area contributed by atoms with E-state index in [1.807, 2.05) is 19.9 Å². The van der Waals surface area contributed by atoms with Crippen molar-refractivity contribution in [3.05, 3.63) is 77.9 Å². The Morgan fingerprint density at radius 1 is 0.762 bits per heavy atom. The molecule has 0 saturated heterocycles. The van der Waals surface area contributed by atoms with E-state index in [0.717, 1.165) is 12.1 Å². The molecule has 4 rings (SSSR count). The molecule has 1 aliphatic rings. The second-order valence-electron chi connectivity index (χ2n) is 4.93. The van der Waals surface area contributed by atoms with Crippen molar-refractivity contribution >= 4 is 22.2 Å². The first-order valence-electron chi connectivity index (χ1n) is 7.55. The zero-order valence-corrected chi connectivity index (χ0v) is 12.5. The van der Waals surface area contributed by atoms with E-state index in [2.05, 4.69) is 60.7 Å². The third-order valence-corrected chi connectivity index (χ3v) is 3.69. The van der Waals surface area contributed by atoms with Crippen LogP contribution in [0.5, 0.6) is 0 Å². The average Bonchev–Trinajstić information content (AvgIpc) is 3.00. The van der Waals surface area contributed by atoms with Crippen LogP contribution in [-0.4, -0.2) is 5.71 Å². The number of hydrogen-bond donors (Lipinski definition) is 0. The summed E-state index contributed by atoms with van der Waals surface area (Å²) in [6.07, 6.45) is 0.939. The number of para-hydroxylation sites is 1. The van der Waals surface area contributed by atoms with Crippen molar-refractivity contribution in [1.82, 2.24) is 0 Å². The Hall–Kier alpha value is -2.41. The van der Waals surface area contributed by atoms with Gasteiger partial charge in [-0.25, -0.2) is 0 Å². The standard InChI is InChI=1S/C18H13N.C2H6/c1-2-6-14-11-16(10-9-13(14)5-1)18-12-15-7-3-4-8-17(15)19-18;1-2/h1-11H,12H2;1-2H3. The molecule has 3 aromatic rings. The van der Waals surface area contributed by atoms with Gasteiger partial charge in [0.1, 0.15) is 0 Å². The summed E-state index contributed by atoms with van der Waals surface area (Å²) in [6, 6.07) is 23.4. The number of rotatable bonds is 1. The number of nitrogens with zero attached hydrogens (tertiary/aromatic N) is 1. The fourth-order valence-corrected chi connectivity index (χ4v) is 2.67. The van der Waals surface area contributed by atoms with Crippen LogP contribution in [0.4, 0.5) is 5.69 Å². The van der Waals surface area contributed by atoms with Gasteiger partial charge < -0.3 is 0 Å². The van der Waals surface area contributed by atoms with Crippen LogP contribution >= 0.6 is 0 Å². The van der Waals surface area contributed by atoms with Crippen molar-refractivity contribution in [2.45, 2.75) is 20.3 Å². The minimum atomic E-state index is 0.939. The third-order valence-electron chi connectivity index (χ3n) is 3.69. The minimum Gasteiger partial charge on any atom is -0.252 e. The summed E-state index contributed by atoms with van der Waals surface area (Å²) in [5, 5.41) is 2.56. The maximum absolute atomic E-state index is 4.75. The highest BCUT2D eigenvalue weighted by Crippen LogP contribution is 2.29. The van der Waals surface area contributed by atoms with Crippen LogP contribution in [0.15, 0.2) is 71.7 Å². The lowest BCUT2D eigenvalue weighted by atomic mass is 10.0. The fourth-order valence-electron chi connectivity index (χ4n) is 2.67. The Morgan fingerprint density at radius 3 is 2.29 bits per heavy atom. The Kier molecular flexibility index (Phi) is 3.83.